The van der Waals surface area contributed by atoms with Crippen molar-refractivity contribution in [2.45, 2.75) is 51.6 Å². The molecule has 2 atom stereocenters. The Bertz CT molecular complexity index is 262. The first kappa shape index (κ1) is 10.8. The van der Waals surface area contributed by atoms with E-state index in [0.717, 1.165) is 31.2 Å². The van der Waals surface area contributed by atoms with E-state index in [4.69, 9.17) is 10.5 Å². The predicted molar refractivity (Wildman–Crippen MR) is 61.7 cm³/mol. The van der Waals surface area contributed by atoms with Gasteiger partial charge in [0.15, 0.2) is 0 Å². The Morgan fingerprint density at radius 3 is 3.00 bits per heavy atom. The fourth-order valence-corrected chi connectivity index (χ4v) is 3.06. The van der Waals surface area contributed by atoms with Crippen molar-refractivity contribution in [3.05, 3.63) is 0 Å². The van der Waals surface area contributed by atoms with Crippen LogP contribution in [0.2, 0.25) is 0 Å². The van der Waals surface area contributed by atoms with E-state index in [1.807, 2.05) is 0 Å². The minimum atomic E-state index is -0.0259. The third-order valence-corrected chi connectivity index (χ3v) is 3.55. The normalized spacial score (nSPS) is 35.7. The molecule has 3 nitrogen and oxygen atoms in total. The van der Waals surface area contributed by atoms with E-state index < -0.39 is 0 Å². The van der Waals surface area contributed by atoms with E-state index in [9.17, 15) is 0 Å². The van der Waals surface area contributed by atoms with Gasteiger partial charge in [-0.05, 0) is 37.5 Å². The molecule has 2 aliphatic rings. The summed E-state index contributed by atoms with van der Waals surface area (Å²) in [5.41, 5.74) is 5.59. The molecule has 1 spiro atoms. The van der Waals surface area contributed by atoms with E-state index in [1.165, 1.54) is 19.3 Å². The number of ether oxygens (including phenoxy) is 1. The van der Waals surface area contributed by atoms with Crippen LogP contribution in [0.3, 0.4) is 0 Å². The van der Waals surface area contributed by atoms with Crippen LogP contribution in [0.5, 0.6) is 0 Å². The van der Waals surface area contributed by atoms with Crippen LogP contribution in [0.1, 0.15) is 46.0 Å². The van der Waals surface area contributed by atoms with Crippen LogP contribution in [-0.4, -0.2) is 18.2 Å². The quantitative estimate of drug-likeness (QED) is 0.760. The average Bonchev–Trinajstić information content (AvgIpc) is 2.46. The van der Waals surface area contributed by atoms with Gasteiger partial charge < -0.3 is 10.5 Å². The minimum Gasteiger partial charge on any atom is -0.457 e. The third kappa shape index (κ3) is 2.44. The predicted octanol–water partition coefficient (Wildman–Crippen LogP) is 2.31. The highest BCUT2D eigenvalue weighted by Gasteiger charge is 2.41. The molecule has 0 radical (unpaired) electrons. The lowest BCUT2D eigenvalue weighted by atomic mass is 9.75. The zero-order valence-electron chi connectivity index (χ0n) is 9.83. The molecule has 0 amide bonds. The molecule has 0 aromatic heterocycles. The largest absolute Gasteiger partial charge is 0.457 e. The van der Waals surface area contributed by atoms with Gasteiger partial charge in [0, 0.05) is 0 Å². The lowest BCUT2D eigenvalue weighted by Gasteiger charge is -2.37. The number of nitrogens with zero attached hydrogens (tertiary/aromatic N) is 1. The van der Waals surface area contributed by atoms with Gasteiger partial charge in [-0.15, -0.1) is 0 Å². The maximum Gasteiger partial charge on any atom is 0.282 e. The Labute approximate surface area is 92.1 Å². The van der Waals surface area contributed by atoms with Gasteiger partial charge >= 0.3 is 0 Å². The summed E-state index contributed by atoms with van der Waals surface area (Å²) in [6.07, 6.45) is 6.20. The smallest absolute Gasteiger partial charge is 0.282 e. The van der Waals surface area contributed by atoms with Crippen molar-refractivity contribution in [3.63, 3.8) is 0 Å². The first-order chi connectivity index (χ1) is 7.10. The zero-order valence-corrected chi connectivity index (χ0v) is 9.83. The van der Waals surface area contributed by atoms with Crippen molar-refractivity contribution in [2.24, 2.45) is 22.6 Å². The molecular formula is C12H22N2O. The summed E-state index contributed by atoms with van der Waals surface area (Å²) in [6.45, 7) is 5.37. The molecule has 0 aromatic carbocycles. The van der Waals surface area contributed by atoms with E-state index in [-0.39, 0.29) is 5.60 Å². The highest BCUT2D eigenvalue weighted by molar-refractivity contribution is 5.73. The lowest BCUT2D eigenvalue weighted by molar-refractivity contribution is 0.0178. The van der Waals surface area contributed by atoms with Crippen molar-refractivity contribution in [1.29, 1.82) is 0 Å². The number of amidine groups is 1. The number of rotatable bonds is 2. The fourth-order valence-electron chi connectivity index (χ4n) is 3.06. The Hall–Kier alpha value is -0.730. The van der Waals surface area contributed by atoms with Crippen LogP contribution >= 0.6 is 0 Å². The lowest BCUT2D eigenvalue weighted by Crippen LogP contribution is -2.40. The van der Waals surface area contributed by atoms with Gasteiger partial charge in [0.05, 0.1) is 6.54 Å². The molecule has 1 aliphatic heterocycles. The van der Waals surface area contributed by atoms with Crippen molar-refractivity contribution >= 4 is 6.02 Å². The molecule has 1 aliphatic carbocycles. The molecule has 3 heteroatoms. The Kier molecular flexibility index (Phi) is 2.89. The van der Waals surface area contributed by atoms with Gasteiger partial charge in [0.25, 0.3) is 6.02 Å². The fraction of sp³-hybridized carbons (Fsp3) is 0.917. The Morgan fingerprint density at radius 1 is 1.60 bits per heavy atom. The molecule has 2 rings (SSSR count). The first-order valence-corrected chi connectivity index (χ1v) is 6.09. The number of aliphatic imine (C=N–C) groups is 1. The van der Waals surface area contributed by atoms with Gasteiger partial charge in [0.1, 0.15) is 5.60 Å². The van der Waals surface area contributed by atoms with Gasteiger partial charge in [-0.1, -0.05) is 20.3 Å². The molecule has 0 saturated heterocycles. The molecule has 1 saturated carbocycles. The SMILES string of the molecule is CC(C)CC1CCCC2(CN=C(N)O2)C1. The van der Waals surface area contributed by atoms with Crippen LogP contribution in [0, 0.1) is 11.8 Å². The molecular weight excluding hydrogens is 188 g/mol. The van der Waals surface area contributed by atoms with Gasteiger partial charge in [-0.25, -0.2) is 4.99 Å². The van der Waals surface area contributed by atoms with E-state index in [2.05, 4.69) is 18.8 Å². The monoisotopic (exact) mass is 210 g/mol. The minimum absolute atomic E-state index is 0.0259. The highest BCUT2D eigenvalue weighted by atomic mass is 16.5. The number of hydrogen-bond donors (Lipinski definition) is 1. The van der Waals surface area contributed by atoms with E-state index in [1.54, 1.807) is 0 Å². The highest BCUT2D eigenvalue weighted by Crippen LogP contribution is 2.40. The van der Waals surface area contributed by atoms with Crippen LogP contribution in [0.25, 0.3) is 0 Å². The van der Waals surface area contributed by atoms with Crippen molar-refractivity contribution in [2.75, 3.05) is 6.54 Å². The second kappa shape index (κ2) is 4.03. The molecule has 1 fully saturated rings. The summed E-state index contributed by atoms with van der Waals surface area (Å²) in [5.74, 6) is 1.59. The number of nitrogens with two attached hydrogens (primary N) is 1. The van der Waals surface area contributed by atoms with Crippen LogP contribution in [-0.2, 0) is 4.74 Å². The molecule has 1 heterocycles. The van der Waals surface area contributed by atoms with Gasteiger partial charge in [0.2, 0.25) is 0 Å². The van der Waals surface area contributed by atoms with E-state index in [0.29, 0.717) is 6.02 Å². The maximum absolute atomic E-state index is 5.73. The molecule has 15 heavy (non-hydrogen) atoms. The Balaban J connectivity index is 1.93. The molecule has 0 aromatic rings. The van der Waals surface area contributed by atoms with Crippen LogP contribution in [0.4, 0.5) is 0 Å². The summed E-state index contributed by atoms with van der Waals surface area (Å²) in [7, 11) is 0. The van der Waals surface area contributed by atoms with Crippen LogP contribution < -0.4 is 5.73 Å². The standard InChI is InChI=1S/C12H22N2O/c1-9(2)6-10-4-3-5-12(7-10)8-14-11(13)15-12/h9-10H,3-8H2,1-2H3,(H2,13,14). The average molecular weight is 210 g/mol. The van der Waals surface area contributed by atoms with Crippen molar-refractivity contribution in [1.82, 2.24) is 0 Å². The van der Waals surface area contributed by atoms with E-state index >= 15 is 0 Å². The Morgan fingerprint density at radius 2 is 2.40 bits per heavy atom. The van der Waals surface area contributed by atoms with Crippen LogP contribution in [0.15, 0.2) is 4.99 Å². The van der Waals surface area contributed by atoms with Crippen molar-refractivity contribution in [3.8, 4) is 0 Å². The first-order valence-electron chi connectivity index (χ1n) is 6.09. The van der Waals surface area contributed by atoms with Gasteiger partial charge in [-0.2, -0.15) is 0 Å². The summed E-state index contributed by atoms with van der Waals surface area (Å²) in [5, 5.41) is 0. The van der Waals surface area contributed by atoms with Crippen molar-refractivity contribution < 1.29 is 4.74 Å². The summed E-state index contributed by atoms with van der Waals surface area (Å²) < 4.78 is 5.73. The topological polar surface area (TPSA) is 47.6 Å². The number of hydrogen-bond acceptors (Lipinski definition) is 3. The second-order valence-corrected chi connectivity index (χ2v) is 5.53. The summed E-state index contributed by atoms with van der Waals surface area (Å²) in [6, 6.07) is 0.403. The summed E-state index contributed by atoms with van der Waals surface area (Å²) >= 11 is 0. The molecule has 2 N–H and O–H groups in total. The summed E-state index contributed by atoms with van der Waals surface area (Å²) in [4.78, 5) is 4.20. The zero-order chi connectivity index (χ0) is 10.9. The molecule has 86 valence electrons. The van der Waals surface area contributed by atoms with Gasteiger partial charge in [-0.3, -0.25) is 0 Å². The molecule has 2 unspecified atom stereocenters. The second-order valence-electron chi connectivity index (χ2n) is 5.53. The third-order valence-electron chi connectivity index (χ3n) is 3.55. The maximum atomic E-state index is 5.73. The molecule has 0 bridgehead atoms.